The number of nitrogens with zero attached hydrogens (tertiary/aromatic N) is 2. The van der Waals surface area contributed by atoms with Gasteiger partial charge in [0.2, 0.25) is 0 Å². The fourth-order valence-electron chi connectivity index (χ4n) is 3.86. The summed E-state index contributed by atoms with van der Waals surface area (Å²) in [6.07, 6.45) is 3.11. The lowest BCUT2D eigenvalue weighted by atomic mass is 9.64. The maximum Gasteiger partial charge on any atom is 0.317 e. The van der Waals surface area contributed by atoms with Gasteiger partial charge >= 0.3 is 5.97 Å². The van der Waals surface area contributed by atoms with Crippen LogP contribution in [0.1, 0.15) is 19.3 Å². The molecule has 1 spiro atoms. The number of piperidine rings is 2. The molecular formula is C15H28N2O4. The van der Waals surface area contributed by atoms with Gasteiger partial charge < -0.3 is 19.8 Å². The fraction of sp³-hybridized carbons (Fsp3) is 0.933. The van der Waals surface area contributed by atoms with E-state index in [0.717, 1.165) is 58.6 Å². The number of carboxylic acid groups (broad SMARTS) is 1. The molecule has 0 amide bonds. The Morgan fingerprint density at radius 1 is 1.24 bits per heavy atom. The first-order chi connectivity index (χ1) is 10.1. The Morgan fingerprint density at radius 2 is 1.86 bits per heavy atom. The highest BCUT2D eigenvalue weighted by Gasteiger charge is 2.44. The zero-order valence-electron chi connectivity index (χ0n) is 13.0. The number of hydrogen-bond acceptors (Lipinski definition) is 5. The van der Waals surface area contributed by atoms with E-state index in [0.29, 0.717) is 5.92 Å². The highest BCUT2D eigenvalue weighted by Crippen LogP contribution is 2.44. The van der Waals surface area contributed by atoms with E-state index in [-0.39, 0.29) is 18.6 Å². The predicted molar refractivity (Wildman–Crippen MR) is 79.3 cm³/mol. The third-order valence-corrected chi connectivity index (χ3v) is 5.31. The Balaban J connectivity index is 1.89. The van der Waals surface area contributed by atoms with Gasteiger partial charge in [0.15, 0.2) is 0 Å². The number of methoxy groups -OCH3 is 1. The summed E-state index contributed by atoms with van der Waals surface area (Å²) < 4.78 is 5.14. The minimum atomic E-state index is -0.751. The lowest BCUT2D eigenvalue weighted by Gasteiger charge is -2.51. The molecule has 2 N–H and O–H groups in total. The van der Waals surface area contributed by atoms with E-state index < -0.39 is 5.97 Å². The van der Waals surface area contributed by atoms with Gasteiger partial charge in [0.25, 0.3) is 0 Å². The van der Waals surface area contributed by atoms with Gasteiger partial charge in [-0.25, -0.2) is 0 Å². The van der Waals surface area contributed by atoms with Crippen molar-refractivity contribution < 1.29 is 19.7 Å². The Hall–Kier alpha value is -0.690. The average Bonchev–Trinajstić information content (AvgIpc) is 2.48. The number of rotatable bonds is 6. The first kappa shape index (κ1) is 16.7. The second-order valence-corrected chi connectivity index (χ2v) is 6.46. The molecule has 2 rings (SSSR count). The first-order valence-corrected chi connectivity index (χ1v) is 7.86. The van der Waals surface area contributed by atoms with Crippen molar-refractivity contribution in [3.05, 3.63) is 0 Å². The Morgan fingerprint density at radius 3 is 2.38 bits per heavy atom. The average molecular weight is 300 g/mol. The molecule has 21 heavy (non-hydrogen) atoms. The van der Waals surface area contributed by atoms with Gasteiger partial charge in [-0.3, -0.25) is 9.69 Å². The van der Waals surface area contributed by atoms with Crippen molar-refractivity contribution in [2.24, 2.45) is 11.3 Å². The molecule has 0 aliphatic carbocycles. The number of hydrogen-bond donors (Lipinski definition) is 2. The summed E-state index contributed by atoms with van der Waals surface area (Å²) in [7, 11) is 1.72. The van der Waals surface area contributed by atoms with Crippen LogP contribution in [0.4, 0.5) is 0 Å². The Bertz CT molecular complexity index is 343. The zero-order valence-corrected chi connectivity index (χ0v) is 13.0. The fourth-order valence-corrected chi connectivity index (χ4v) is 3.86. The van der Waals surface area contributed by atoms with Gasteiger partial charge in [-0.15, -0.1) is 0 Å². The number of carbonyl (C=O) groups is 1. The lowest BCUT2D eigenvalue weighted by molar-refractivity contribution is -0.139. The SMILES string of the molecule is COCCN1CCC2(CCN(CC(=O)O)CC2)[C@@H](CO)C1. The van der Waals surface area contributed by atoms with Crippen LogP contribution in [0.5, 0.6) is 0 Å². The van der Waals surface area contributed by atoms with Crippen molar-refractivity contribution in [3.63, 3.8) is 0 Å². The van der Waals surface area contributed by atoms with E-state index in [1.807, 2.05) is 4.90 Å². The minimum absolute atomic E-state index is 0.139. The number of aliphatic hydroxyl groups excluding tert-OH is 1. The Labute approximate surface area is 126 Å². The van der Waals surface area contributed by atoms with E-state index in [1.54, 1.807) is 7.11 Å². The molecule has 0 saturated carbocycles. The van der Waals surface area contributed by atoms with E-state index in [1.165, 1.54) is 0 Å². The number of likely N-dealkylation sites (tertiary alicyclic amines) is 2. The van der Waals surface area contributed by atoms with Gasteiger partial charge in [-0.2, -0.15) is 0 Å². The van der Waals surface area contributed by atoms with Gasteiger partial charge in [0.05, 0.1) is 13.2 Å². The number of ether oxygens (including phenoxy) is 1. The van der Waals surface area contributed by atoms with Crippen molar-refractivity contribution in [2.75, 3.05) is 59.6 Å². The summed E-state index contributed by atoms with van der Waals surface area (Å²) >= 11 is 0. The summed E-state index contributed by atoms with van der Waals surface area (Å²) in [5, 5.41) is 18.7. The van der Waals surface area contributed by atoms with Crippen molar-refractivity contribution >= 4 is 5.97 Å². The molecule has 122 valence electrons. The van der Waals surface area contributed by atoms with Crippen molar-refractivity contribution in [2.45, 2.75) is 19.3 Å². The molecule has 0 bridgehead atoms. The van der Waals surface area contributed by atoms with Crippen LogP contribution in [0.25, 0.3) is 0 Å². The first-order valence-electron chi connectivity index (χ1n) is 7.86. The van der Waals surface area contributed by atoms with Gasteiger partial charge in [0, 0.05) is 32.7 Å². The quantitative estimate of drug-likeness (QED) is 0.725. The molecule has 0 unspecified atom stereocenters. The summed E-state index contributed by atoms with van der Waals surface area (Å²) in [6, 6.07) is 0. The monoisotopic (exact) mass is 300 g/mol. The smallest absolute Gasteiger partial charge is 0.317 e. The Kier molecular flexibility index (Phi) is 5.98. The molecule has 6 nitrogen and oxygen atoms in total. The molecule has 2 saturated heterocycles. The van der Waals surface area contributed by atoms with Crippen LogP contribution in [-0.4, -0.2) is 85.6 Å². The molecule has 0 aromatic carbocycles. The summed E-state index contributed by atoms with van der Waals surface area (Å²) in [4.78, 5) is 15.2. The highest BCUT2D eigenvalue weighted by molar-refractivity contribution is 5.69. The van der Waals surface area contributed by atoms with Crippen LogP contribution in [0.2, 0.25) is 0 Å². The third kappa shape index (κ3) is 4.16. The summed E-state index contributed by atoms with van der Waals surface area (Å²) in [5.41, 5.74) is 0.202. The van der Waals surface area contributed by atoms with Crippen LogP contribution >= 0.6 is 0 Å². The van der Waals surface area contributed by atoms with Crippen LogP contribution in [0.15, 0.2) is 0 Å². The highest BCUT2D eigenvalue weighted by atomic mass is 16.5. The molecule has 6 heteroatoms. The van der Waals surface area contributed by atoms with Crippen LogP contribution < -0.4 is 0 Å². The van der Waals surface area contributed by atoms with Crippen molar-refractivity contribution in [1.82, 2.24) is 9.80 Å². The molecule has 1 atom stereocenters. The molecule has 0 aromatic heterocycles. The zero-order chi connectivity index (χ0) is 15.3. The topological polar surface area (TPSA) is 73.2 Å². The largest absolute Gasteiger partial charge is 0.480 e. The maximum atomic E-state index is 10.8. The van der Waals surface area contributed by atoms with Gasteiger partial charge in [0.1, 0.15) is 0 Å². The lowest BCUT2D eigenvalue weighted by Crippen LogP contribution is -2.54. The number of aliphatic hydroxyl groups is 1. The standard InChI is InChI=1S/C15H28N2O4/c1-21-9-8-17-7-4-15(13(10-17)12-18)2-5-16(6-3-15)11-14(19)20/h13,18H,2-12H2,1H3,(H,19,20)/t13-/m1/s1. The molecule has 0 radical (unpaired) electrons. The van der Waals surface area contributed by atoms with E-state index in [9.17, 15) is 9.90 Å². The van der Waals surface area contributed by atoms with Crippen LogP contribution in [0, 0.1) is 11.3 Å². The molecule has 2 heterocycles. The van der Waals surface area contributed by atoms with Crippen molar-refractivity contribution in [1.29, 1.82) is 0 Å². The second-order valence-electron chi connectivity index (χ2n) is 6.46. The number of aliphatic carboxylic acids is 1. The summed E-state index contributed by atoms with van der Waals surface area (Å²) in [5.74, 6) is -0.450. The third-order valence-electron chi connectivity index (χ3n) is 5.31. The summed E-state index contributed by atoms with van der Waals surface area (Å²) in [6.45, 7) is 5.67. The molecule has 2 aliphatic rings. The van der Waals surface area contributed by atoms with E-state index in [4.69, 9.17) is 9.84 Å². The van der Waals surface area contributed by atoms with Gasteiger partial charge in [-0.05, 0) is 44.3 Å². The normalized spacial score (nSPS) is 27.0. The maximum absolute atomic E-state index is 10.8. The number of carboxylic acids is 1. The van der Waals surface area contributed by atoms with Crippen molar-refractivity contribution in [3.8, 4) is 0 Å². The molecule has 0 aromatic rings. The van der Waals surface area contributed by atoms with E-state index in [2.05, 4.69) is 4.90 Å². The van der Waals surface area contributed by atoms with Crippen LogP contribution in [-0.2, 0) is 9.53 Å². The van der Waals surface area contributed by atoms with Gasteiger partial charge in [-0.1, -0.05) is 0 Å². The predicted octanol–water partition coefficient (Wildman–Crippen LogP) is 0.114. The molecular weight excluding hydrogens is 272 g/mol. The minimum Gasteiger partial charge on any atom is -0.480 e. The van der Waals surface area contributed by atoms with E-state index >= 15 is 0 Å². The second kappa shape index (κ2) is 7.54. The molecule has 2 aliphatic heterocycles. The van der Waals surface area contributed by atoms with Crippen LogP contribution in [0.3, 0.4) is 0 Å². The molecule has 2 fully saturated rings.